The van der Waals surface area contributed by atoms with E-state index >= 15 is 0 Å². The van der Waals surface area contributed by atoms with Crippen molar-refractivity contribution < 1.29 is 14.2 Å². The van der Waals surface area contributed by atoms with Gasteiger partial charge >= 0.3 is 0 Å². The number of aromatic nitrogens is 3. The zero-order chi connectivity index (χ0) is 17.6. The molecule has 9 heteroatoms. The maximum absolute atomic E-state index is 13.4. The van der Waals surface area contributed by atoms with Gasteiger partial charge in [-0.2, -0.15) is 0 Å². The lowest BCUT2D eigenvalue weighted by atomic mass is 10.0. The summed E-state index contributed by atoms with van der Waals surface area (Å²) in [4.78, 5) is 7.19. The van der Waals surface area contributed by atoms with Gasteiger partial charge in [0.1, 0.15) is 11.6 Å². The SMILES string of the molecule is COc1cc(F)ccc1-c1cnc2sc(N3CC[C@](N)(CO)C3)nn12. The van der Waals surface area contributed by atoms with Gasteiger partial charge in [0.15, 0.2) is 0 Å². The van der Waals surface area contributed by atoms with Gasteiger partial charge in [-0.1, -0.05) is 11.3 Å². The number of aliphatic hydroxyl groups excluding tert-OH is 1. The monoisotopic (exact) mass is 363 g/mol. The van der Waals surface area contributed by atoms with Crippen LogP contribution in [0.3, 0.4) is 0 Å². The Morgan fingerprint density at radius 3 is 3.04 bits per heavy atom. The average molecular weight is 363 g/mol. The van der Waals surface area contributed by atoms with Crippen molar-refractivity contribution in [1.82, 2.24) is 14.6 Å². The fraction of sp³-hybridized carbons (Fsp3) is 0.375. The van der Waals surface area contributed by atoms with Crippen molar-refractivity contribution in [2.24, 2.45) is 5.73 Å². The van der Waals surface area contributed by atoms with Gasteiger partial charge < -0.3 is 20.5 Å². The maximum atomic E-state index is 13.4. The predicted octanol–water partition coefficient (Wildman–Crippen LogP) is 1.51. The Morgan fingerprint density at radius 1 is 1.48 bits per heavy atom. The first-order valence-electron chi connectivity index (χ1n) is 7.86. The third-order valence-corrected chi connectivity index (χ3v) is 5.47. The highest BCUT2D eigenvalue weighted by atomic mass is 32.1. The fourth-order valence-electron chi connectivity index (χ4n) is 3.06. The highest BCUT2D eigenvalue weighted by Gasteiger charge is 2.35. The number of fused-ring (bicyclic) bond motifs is 1. The Hall–Kier alpha value is -2.23. The minimum absolute atomic E-state index is 0.0515. The smallest absolute Gasteiger partial charge is 0.214 e. The number of rotatable bonds is 4. The van der Waals surface area contributed by atoms with E-state index in [1.807, 2.05) is 0 Å². The first kappa shape index (κ1) is 16.2. The number of anilines is 1. The van der Waals surface area contributed by atoms with Crippen LogP contribution in [0.5, 0.6) is 5.75 Å². The van der Waals surface area contributed by atoms with Crippen molar-refractivity contribution >= 4 is 21.4 Å². The van der Waals surface area contributed by atoms with Crippen LogP contribution < -0.4 is 15.4 Å². The molecule has 25 heavy (non-hydrogen) atoms. The molecule has 2 aromatic heterocycles. The molecule has 0 radical (unpaired) electrons. The molecule has 0 saturated carbocycles. The lowest BCUT2D eigenvalue weighted by Crippen LogP contribution is -2.46. The molecule has 1 saturated heterocycles. The van der Waals surface area contributed by atoms with Crippen molar-refractivity contribution in [3.8, 4) is 17.0 Å². The normalized spacial score (nSPS) is 20.6. The molecule has 3 N–H and O–H groups in total. The largest absolute Gasteiger partial charge is 0.496 e. The first-order valence-corrected chi connectivity index (χ1v) is 8.68. The van der Waals surface area contributed by atoms with Gasteiger partial charge in [-0.15, -0.1) is 5.10 Å². The van der Waals surface area contributed by atoms with Crippen LogP contribution >= 0.6 is 11.3 Å². The maximum Gasteiger partial charge on any atom is 0.214 e. The standard InChI is InChI=1S/C16H18FN5O2S/c1-24-13-6-10(17)2-3-11(13)12-7-19-14-22(12)20-15(25-14)21-5-4-16(18,8-21)9-23/h2-3,6-7,23H,4-5,8-9,18H2,1H3/t16-/m1/s1. The van der Waals surface area contributed by atoms with Crippen LogP contribution in [0.15, 0.2) is 24.4 Å². The Morgan fingerprint density at radius 2 is 2.32 bits per heavy atom. The molecular formula is C16H18FN5O2S. The molecule has 1 atom stereocenters. The molecule has 3 aromatic rings. The summed E-state index contributed by atoms with van der Waals surface area (Å²) in [6, 6.07) is 4.38. The van der Waals surface area contributed by atoms with Gasteiger partial charge in [-0.05, 0) is 18.6 Å². The Labute approximate surface area is 147 Å². The summed E-state index contributed by atoms with van der Waals surface area (Å²) in [6.07, 6.45) is 2.41. The van der Waals surface area contributed by atoms with Gasteiger partial charge in [-0.3, -0.25) is 0 Å². The molecule has 132 valence electrons. The zero-order valence-corrected chi connectivity index (χ0v) is 14.5. The number of ether oxygens (including phenoxy) is 1. The molecule has 0 bridgehead atoms. The minimum Gasteiger partial charge on any atom is -0.496 e. The molecule has 0 spiro atoms. The molecule has 4 rings (SSSR count). The van der Waals surface area contributed by atoms with Gasteiger partial charge in [0.2, 0.25) is 10.1 Å². The van der Waals surface area contributed by atoms with E-state index in [2.05, 4.69) is 15.0 Å². The number of nitrogens with zero attached hydrogens (tertiary/aromatic N) is 4. The second-order valence-corrected chi connectivity index (χ2v) is 7.19. The van der Waals surface area contributed by atoms with Crippen LogP contribution in [0.1, 0.15) is 6.42 Å². The molecule has 0 amide bonds. The number of methoxy groups -OCH3 is 1. The van der Waals surface area contributed by atoms with E-state index in [1.165, 1.54) is 30.6 Å². The summed E-state index contributed by atoms with van der Waals surface area (Å²) >= 11 is 1.45. The number of benzene rings is 1. The first-order chi connectivity index (χ1) is 12.0. The number of imidazole rings is 1. The van der Waals surface area contributed by atoms with Gasteiger partial charge in [0.25, 0.3) is 0 Å². The van der Waals surface area contributed by atoms with Gasteiger partial charge in [0, 0.05) is 24.7 Å². The van der Waals surface area contributed by atoms with E-state index in [1.54, 1.807) is 16.8 Å². The predicted molar refractivity (Wildman–Crippen MR) is 93.6 cm³/mol. The van der Waals surface area contributed by atoms with Crippen LogP contribution in [0.25, 0.3) is 16.2 Å². The highest BCUT2D eigenvalue weighted by molar-refractivity contribution is 7.20. The third-order valence-electron chi connectivity index (χ3n) is 4.49. The molecule has 1 fully saturated rings. The van der Waals surface area contributed by atoms with E-state index in [4.69, 9.17) is 10.5 Å². The number of halogens is 1. The Bertz CT molecular complexity index is 927. The van der Waals surface area contributed by atoms with E-state index in [0.717, 1.165) is 27.9 Å². The molecular weight excluding hydrogens is 345 g/mol. The molecule has 0 aliphatic carbocycles. The molecule has 1 aromatic carbocycles. The topological polar surface area (TPSA) is 88.9 Å². The van der Waals surface area contributed by atoms with Crippen molar-refractivity contribution in [3.63, 3.8) is 0 Å². The highest BCUT2D eigenvalue weighted by Crippen LogP contribution is 2.34. The van der Waals surface area contributed by atoms with Crippen LogP contribution in [-0.4, -0.2) is 52.0 Å². The van der Waals surface area contributed by atoms with Crippen LogP contribution in [0.2, 0.25) is 0 Å². The molecule has 7 nitrogen and oxygen atoms in total. The van der Waals surface area contributed by atoms with Crippen molar-refractivity contribution in [2.75, 3.05) is 31.7 Å². The van der Waals surface area contributed by atoms with E-state index in [9.17, 15) is 9.50 Å². The number of nitrogens with two attached hydrogens (primary N) is 1. The third kappa shape index (κ3) is 2.74. The lowest BCUT2D eigenvalue weighted by Gasteiger charge is -2.21. The summed E-state index contributed by atoms with van der Waals surface area (Å²) in [5.41, 5.74) is 7.00. The van der Waals surface area contributed by atoms with E-state index in [-0.39, 0.29) is 12.4 Å². The molecule has 1 aliphatic rings. The van der Waals surface area contributed by atoms with Crippen molar-refractivity contribution in [3.05, 3.63) is 30.2 Å². The second kappa shape index (κ2) is 5.94. The fourth-order valence-corrected chi connectivity index (χ4v) is 3.96. The summed E-state index contributed by atoms with van der Waals surface area (Å²) in [5, 5.41) is 14.9. The zero-order valence-electron chi connectivity index (χ0n) is 13.6. The molecule has 1 aliphatic heterocycles. The quantitative estimate of drug-likeness (QED) is 0.730. The summed E-state index contributed by atoms with van der Waals surface area (Å²) in [5.74, 6) is 0.0689. The Kier molecular flexibility index (Phi) is 3.86. The summed E-state index contributed by atoms with van der Waals surface area (Å²) in [7, 11) is 1.50. The molecule has 3 heterocycles. The lowest BCUT2D eigenvalue weighted by molar-refractivity contribution is 0.210. The van der Waals surface area contributed by atoms with Crippen LogP contribution in [-0.2, 0) is 0 Å². The minimum atomic E-state index is -0.587. The molecule has 0 unspecified atom stereocenters. The second-order valence-electron chi connectivity index (χ2n) is 6.26. The number of aliphatic hydroxyl groups is 1. The summed E-state index contributed by atoms with van der Waals surface area (Å²) < 4.78 is 20.5. The average Bonchev–Trinajstić information content (AvgIpc) is 3.29. The van der Waals surface area contributed by atoms with E-state index < -0.39 is 5.54 Å². The van der Waals surface area contributed by atoms with Crippen LogP contribution in [0.4, 0.5) is 9.52 Å². The van der Waals surface area contributed by atoms with E-state index in [0.29, 0.717) is 18.7 Å². The summed E-state index contributed by atoms with van der Waals surface area (Å²) in [6.45, 7) is 1.24. The van der Waals surface area contributed by atoms with Gasteiger partial charge in [-0.25, -0.2) is 13.9 Å². The van der Waals surface area contributed by atoms with Crippen LogP contribution in [0, 0.1) is 5.82 Å². The van der Waals surface area contributed by atoms with Gasteiger partial charge in [0.05, 0.1) is 31.1 Å². The van der Waals surface area contributed by atoms with Crippen molar-refractivity contribution in [1.29, 1.82) is 0 Å². The van der Waals surface area contributed by atoms with Crippen molar-refractivity contribution in [2.45, 2.75) is 12.0 Å². The number of hydrogen-bond acceptors (Lipinski definition) is 7. The number of hydrogen-bond donors (Lipinski definition) is 2. The Balaban J connectivity index is 1.73.